The predicted molar refractivity (Wildman–Crippen MR) is 105 cm³/mol. The van der Waals surface area contributed by atoms with Gasteiger partial charge in [-0.2, -0.15) is 5.10 Å². The molecule has 0 aliphatic carbocycles. The molecule has 28 heavy (non-hydrogen) atoms. The van der Waals surface area contributed by atoms with Crippen molar-refractivity contribution in [3.63, 3.8) is 0 Å². The highest BCUT2D eigenvalue weighted by Gasteiger charge is 2.11. The van der Waals surface area contributed by atoms with Crippen molar-refractivity contribution in [2.45, 2.75) is 6.92 Å². The van der Waals surface area contributed by atoms with Gasteiger partial charge in [0.15, 0.2) is 11.5 Å². The molecule has 0 atom stereocenters. The minimum Gasteiger partial charge on any atom is -0.493 e. The first-order valence-electron chi connectivity index (χ1n) is 8.63. The zero-order valence-corrected chi connectivity index (χ0v) is 16.0. The Morgan fingerprint density at radius 2 is 1.79 bits per heavy atom. The number of methoxy groups -OCH3 is 2. The number of para-hydroxylation sites is 1. The number of hydrazone groups is 1. The first kappa shape index (κ1) is 20.8. The summed E-state index contributed by atoms with van der Waals surface area (Å²) in [5.74, 6) is 0.737. The molecule has 2 aromatic rings. The molecule has 0 aromatic heterocycles. The van der Waals surface area contributed by atoms with Crippen molar-refractivity contribution in [2.75, 3.05) is 27.4 Å². The molecule has 2 aromatic carbocycles. The monoisotopic (exact) mass is 385 g/mol. The van der Waals surface area contributed by atoms with E-state index in [1.165, 1.54) is 26.5 Å². The number of benzene rings is 2. The van der Waals surface area contributed by atoms with E-state index in [1.807, 2.05) is 31.2 Å². The smallest absolute Gasteiger partial charge is 0.259 e. The Hall–Kier alpha value is -3.55. The maximum atomic E-state index is 12.2. The summed E-state index contributed by atoms with van der Waals surface area (Å²) in [6, 6.07) is 12.1. The number of nitrogens with one attached hydrogen (secondary N) is 2. The molecule has 2 rings (SSSR count). The molecule has 0 saturated carbocycles. The van der Waals surface area contributed by atoms with Crippen LogP contribution in [0.5, 0.6) is 17.2 Å². The molecule has 0 unspecified atom stereocenters. The number of nitrogens with zero attached hydrogens (tertiary/aromatic N) is 1. The second-order valence-electron chi connectivity index (χ2n) is 5.52. The van der Waals surface area contributed by atoms with E-state index in [-0.39, 0.29) is 6.54 Å². The van der Waals surface area contributed by atoms with Crippen LogP contribution in [0.3, 0.4) is 0 Å². The molecular weight excluding hydrogens is 362 g/mol. The van der Waals surface area contributed by atoms with Gasteiger partial charge in [0.25, 0.3) is 11.8 Å². The van der Waals surface area contributed by atoms with Gasteiger partial charge in [-0.25, -0.2) is 5.43 Å². The third kappa shape index (κ3) is 5.73. The van der Waals surface area contributed by atoms with Crippen LogP contribution in [0.1, 0.15) is 22.8 Å². The van der Waals surface area contributed by atoms with Crippen LogP contribution in [-0.2, 0) is 4.79 Å². The van der Waals surface area contributed by atoms with Crippen molar-refractivity contribution in [3.8, 4) is 17.2 Å². The Morgan fingerprint density at radius 1 is 1.04 bits per heavy atom. The molecule has 0 saturated heterocycles. The first-order valence-corrected chi connectivity index (χ1v) is 8.63. The molecule has 0 radical (unpaired) electrons. The Labute approximate surface area is 163 Å². The number of amides is 2. The van der Waals surface area contributed by atoms with E-state index in [4.69, 9.17) is 14.2 Å². The first-order chi connectivity index (χ1) is 13.6. The van der Waals surface area contributed by atoms with E-state index in [9.17, 15) is 9.59 Å². The van der Waals surface area contributed by atoms with Crippen LogP contribution >= 0.6 is 0 Å². The van der Waals surface area contributed by atoms with Crippen molar-refractivity contribution in [3.05, 3.63) is 53.6 Å². The van der Waals surface area contributed by atoms with Crippen LogP contribution in [-0.4, -0.2) is 45.4 Å². The van der Waals surface area contributed by atoms with Crippen LogP contribution in [0.15, 0.2) is 47.6 Å². The van der Waals surface area contributed by atoms with Crippen molar-refractivity contribution >= 4 is 18.0 Å². The zero-order chi connectivity index (χ0) is 20.4. The molecule has 0 spiro atoms. The van der Waals surface area contributed by atoms with Crippen molar-refractivity contribution in [1.29, 1.82) is 0 Å². The van der Waals surface area contributed by atoms with Crippen molar-refractivity contribution < 1.29 is 23.8 Å². The van der Waals surface area contributed by atoms with Gasteiger partial charge in [-0.1, -0.05) is 12.1 Å². The van der Waals surface area contributed by atoms with E-state index in [2.05, 4.69) is 15.8 Å². The Morgan fingerprint density at radius 3 is 2.50 bits per heavy atom. The molecule has 8 nitrogen and oxygen atoms in total. The van der Waals surface area contributed by atoms with Crippen molar-refractivity contribution in [2.24, 2.45) is 5.10 Å². The van der Waals surface area contributed by atoms with Crippen LogP contribution < -0.4 is 25.0 Å². The largest absolute Gasteiger partial charge is 0.493 e. The van der Waals surface area contributed by atoms with E-state index in [0.29, 0.717) is 29.4 Å². The molecule has 0 heterocycles. The molecule has 0 aliphatic rings. The lowest BCUT2D eigenvalue weighted by atomic mass is 10.2. The Bertz CT molecular complexity index is 851. The lowest BCUT2D eigenvalue weighted by molar-refractivity contribution is -0.120. The molecule has 2 N–H and O–H groups in total. The number of ether oxygens (including phenoxy) is 3. The fourth-order valence-electron chi connectivity index (χ4n) is 2.33. The average Bonchev–Trinajstić information content (AvgIpc) is 2.72. The van der Waals surface area contributed by atoms with Crippen LogP contribution in [0, 0.1) is 0 Å². The van der Waals surface area contributed by atoms with E-state index in [1.54, 1.807) is 12.1 Å². The second kappa shape index (κ2) is 10.6. The fourth-order valence-corrected chi connectivity index (χ4v) is 2.33. The highest BCUT2D eigenvalue weighted by molar-refractivity contribution is 5.97. The summed E-state index contributed by atoms with van der Waals surface area (Å²) in [6.45, 7) is 2.19. The molecule has 0 bridgehead atoms. The highest BCUT2D eigenvalue weighted by atomic mass is 16.5. The summed E-state index contributed by atoms with van der Waals surface area (Å²) in [5, 5.41) is 6.41. The number of carbonyl (C=O) groups excluding carboxylic acids is 2. The number of hydrogen-bond donors (Lipinski definition) is 2. The molecule has 8 heteroatoms. The van der Waals surface area contributed by atoms with Gasteiger partial charge in [-0.05, 0) is 37.3 Å². The topological polar surface area (TPSA) is 98.2 Å². The second-order valence-corrected chi connectivity index (χ2v) is 5.52. The van der Waals surface area contributed by atoms with E-state index in [0.717, 1.165) is 5.56 Å². The average molecular weight is 385 g/mol. The van der Waals surface area contributed by atoms with Gasteiger partial charge in [-0.15, -0.1) is 0 Å². The highest BCUT2D eigenvalue weighted by Crippen LogP contribution is 2.27. The van der Waals surface area contributed by atoms with Crippen molar-refractivity contribution in [1.82, 2.24) is 10.7 Å². The third-order valence-electron chi connectivity index (χ3n) is 3.67. The van der Waals surface area contributed by atoms with E-state index < -0.39 is 11.8 Å². The molecule has 0 fully saturated rings. The standard InChI is InChI=1S/C20H23N3O5/c1-4-28-16-8-6-5-7-15(16)12-22-23-19(24)13-21-20(25)14-9-10-17(26-2)18(11-14)27-3/h5-12H,4,13H2,1-3H3,(H,21,25)(H,23,24). The lowest BCUT2D eigenvalue weighted by Gasteiger charge is -2.09. The van der Waals surface area contributed by atoms with E-state index >= 15 is 0 Å². The quantitative estimate of drug-likeness (QED) is 0.508. The van der Waals surface area contributed by atoms with Crippen LogP contribution in [0.4, 0.5) is 0 Å². The number of carbonyl (C=O) groups is 2. The summed E-state index contributed by atoms with van der Waals surface area (Å²) in [4.78, 5) is 24.1. The minimum atomic E-state index is -0.459. The maximum absolute atomic E-state index is 12.2. The summed E-state index contributed by atoms with van der Waals surface area (Å²) < 4.78 is 15.8. The van der Waals surface area contributed by atoms with Gasteiger partial charge in [0.1, 0.15) is 5.75 Å². The molecular formula is C20H23N3O5. The molecule has 0 aliphatic heterocycles. The fraction of sp³-hybridized carbons (Fsp3) is 0.250. The van der Waals surface area contributed by atoms with Gasteiger partial charge in [0, 0.05) is 11.1 Å². The summed E-state index contributed by atoms with van der Waals surface area (Å²) in [5.41, 5.74) is 3.45. The van der Waals surface area contributed by atoms with Gasteiger partial charge in [0.2, 0.25) is 0 Å². The van der Waals surface area contributed by atoms with Crippen LogP contribution in [0.2, 0.25) is 0 Å². The third-order valence-corrected chi connectivity index (χ3v) is 3.67. The Balaban J connectivity index is 1.88. The predicted octanol–water partition coefficient (Wildman–Crippen LogP) is 1.98. The minimum absolute atomic E-state index is 0.225. The van der Waals surface area contributed by atoms with Gasteiger partial charge >= 0.3 is 0 Å². The normalized spacial score (nSPS) is 10.4. The summed E-state index contributed by atoms with van der Waals surface area (Å²) >= 11 is 0. The summed E-state index contributed by atoms with van der Waals surface area (Å²) in [6.07, 6.45) is 1.49. The number of rotatable bonds is 9. The Kier molecular flexibility index (Phi) is 7.83. The molecule has 148 valence electrons. The zero-order valence-electron chi connectivity index (χ0n) is 16.0. The van der Waals surface area contributed by atoms with Crippen LogP contribution in [0.25, 0.3) is 0 Å². The van der Waals surface area contributed by atoms with Gasteiger partial charge in [-0.3, -0.25) is 9.59 Å². The number of hydrogen-bond acceptors (Lipinski definition) is 6. The maximum Gasteiger partial charge on any atom is 0.259 e. The summed E-state index contributed by atoms with van der Waals surface area (Å²) in [7, 11) is 2.99. The van der Waals surface area contributed by atoms with Gasteiger partial charge in [0.05, 0.1) is 33.6 Å². The lowest BCUT2D eigenvalue weighted by Crippen LogP contribution is -2.34. The SMILES string of the molecule is CCOc1ccccc1C=NNC(=O)CNC(=O)c1ccc(OC)c(OC)c1. The molecule has 2 amide bonds. The van der Waals surface area contributed by atoms with Gasteiger partial charge < -0.3 is 19.5 Å².